The number of aromatic nitrogens is 1. The zero-order valence-corrected chi connectivity index (χ0v) is 17.3. The minimum atomic E-state index is -1.19. The van der Waals surface area contributed by atoms with Crippen molar-refractivity contribution in [2.45, 2.75) is 19.0 Å². The van der Waals surface area contributed by atoms with Crippen LogP contribution in [0.15, 0.2) is 0 Å². The van der Waals surface area contributed by atoms with Crippen LogP contribution in [-0.4, -0.2) is 78.9 Å². The van der Waals surface area contributed by atoms with Crippen molar-refractivity contribution in [1.82, 2.24) is 25.6 Å². The molecule has 1 atom stereocenters. The molecular weight excluding hydrogens is 412 g/mol. The van der Waals surface area contributed by atoms with E-state index in [-0.39, 0.29) is 24.0 Å². The summed E-state index contributed by atoms with van der Waals surface area (Å²) in [6.45, 7) is 1.24. The van der Waals surface area contributed by atoms with Crippen molar-refractivity contribution in [3.63, 3.8) is 0 Å². The second kappa shape index (κ2) is 10.3. The van der Waals surface area contributed by atoms with Gasteiger partial charge in [-0.15, -0.1) is 23.7 Å². The summed E-state index contributed by atoms with van der Waals surface area (Å²) >= 11 is 1.26. The van der Waals surface area contributed by atoms with Gasteiger partial charge in [0, 0.05) is 38.0 Å². The molecule has 0 spiro atoms. The van der Waals surface area contributed by atoms with Crippen LogP contribution in [0.5, 0.6) is 0 Å². The van der Waals surface area contributed by atoms with Crippen molar-refractivity contribution in [2.75, 3.05) is 34.3 Å². The lowest BCUT2D eigenvalue weighted by molar-refractivity contribution is -0.170. The first-order chi connectivity index (χ1) is 12.7. The fourth-order valence-corrected chi connectivity index (χ4v) is 3.52. The number of thiazole rings is 1. The predicted molar refractivity (Wildman–Crippen MR) is 103 cm³/mol. The molecule has 1 unspecified atom stereocenters. The molecule has 0 saturated heterocycles. The number of primary amides is 1. The third kappa shape index (κ3) is 5.86. The highest BCUT2D eigenvalue weighted by atomic mass is 35.5. The predicted octanol–water partition coefficient (Wildman–Crippen LogP) is -1.73. The third-order valence-electron chi connectivity index (χ3n) is 3.99. The maximum Gasteiger partial charge on any atom is 0.309 e. The molecule has 1 aliphatic heterocycles. The average molecular weight is 435 g/mol. The fourth-order valence-electron chi connectivity index (χ4n) is 2.43. The molecule has 2 rings (SSSR count). The zero-order valence-electron chi connectivity index (χ0n) is 15.7. The molecule has 1 aliphatic rings. The normalized spacial score (nSPS) is 14.2. The highest BCUT2D eigenvalue weighted by molar-refractivity contribution is 7.13. The van der Waals surface area contributed by atoms with E-state index in [2.05, 4.69) is 20.5 Å². The van der Waals surface area contributed by atoms with E-state index in [1.807, 2.05) is 7.05 Å². The van der Waals surface area contributed by atoms with Gasteiger partial charge in [-0.05, 0) is 7.05 Å². The Bertz CT molecular complexity index is 757. The van der Waals surface area contributed by atoms with Gasteiger partial charge in [0.25, 0.3) is 11.8 Å². The van der Waals surface area contributed by atoms with Gasteiger partial charge < -0.3 is 21.3 Å². The molecule has 11 nitrogen and oxygen atoms in total. The Morgan fingerprint density at radius 2 is 2.07 bits per heavy atom. The average Bonchev–Trinajstić information content (AvgIpc) is 3.06. The smallest absolute Gasteiger partial charge is 0.309 e. The van der Waals surface area contributed by atoms with Crippen molar-refractivity contribution < 1.29 is 24.0 Å². The largest absolute Gasteiger partial charge is 0.361 e. The molecule has 1 aromatic heterocycles. The van der Waals surface area contributed by atoms with Gasteiger partial charge in [-0.3, -0.25) is 24.0 Å². The Morgan fingerprint density at radius 3 is 2.68 bits per heavy atom. The van der Waals surface area contributed by atoms with E-state index >= 15 is 0 Å². The van der Waals surface area contributed by atoms with Crippen LogP contribution in [-0.2, 0) is 32.2 Å². The molecule has 2 heterocycles. The Kier molecular flexibility index (Phi) is 8.75. The second-order valence-corrected chi connectivity index (χ2v) is 7.08. The van der Waals surface area contributed by atoms with Crippen LogP contribution in [0.25, 0.3) is 0 Å². The van der Waals surface area contributed by atoms with E-state index in [9.17, 15) is 19.2 Å². The maximum absolute atomic E-state index is 12.6. The summed E-state index contributed by atoms with van der Waals surface area (Å²) in [6.07, 6.45) is 0.749. The number of likely N-dealkylation sites (N-methyl/N-ethyl adjacent to an activating group) is 2. The van der Waals surface area contributed by atoms with E-state index in [1.165, 1.54) is 25.5 Å². The van der Waals surface area contributed by atoms with Gasteiger partial charge in [-0.1, -0.05) is 0 Å². The minimum Gasteiger partial charge on any atom is -0.361 e. The SMILES string of the molecule is CON(C)C(=O)C(CNC(=O)C(N)=O)NC(=O)c1nc2c(s1)CN(C)CC2.Cl. The van der Waals surface area contributed by atoms with Crippen LogP contribution < -0.4 is 16.4 Å². The molecule has 28 heavy (non-hydrogen) atoms. The maximum atomic E-state index is 12.6. The highest BCUT2D eigenvalue weighted by Crippen LogP contribution is 2.24. The van der Waals surface area contributed by atoms with E-state index in [0.29, 0.717) is 6.54 Å². The number of fused-ring (bicyclic) bond motifs is 1. The van der Waals surface area contributed by atoms with Gasteiger partial charge >= 0.3 is 11.8 Å². The number of carbonyl (C=O) groups is 4. The molecule has 4 N–H and O–H groups in total. The summed E-state index contributed by atoms with van der Waals surface area (Å²) in [6, 6.07) is -1.16. The lowest BCUT2D eigenvalue weighted by Gasteiger charge is -2.22. The molecule has 0 bridgehead atoms. The molecular formula is C15H23ClN6O5S. The Morgan fingerprint density at radius 1 is 1.39 bits per heavy atom. The molecule has 13 heteroatoms. The molecule has 0 aromatic carbocycles. The summed E-state index contributed by atoms with van der Waals surface area (Å²) in [5, 5.41) is 5.86. The van der Waals surface area contributed by atoms with Crippen molar-refractivity contribution in [3.8, 4) is 0 Å². The Hall–Kier alpha value is -2.28. The van der Waals surface area contributed by atoms with E-state index in [4.69, 9.17) is 10.6 Å². The molecule has 156 valence electrons. The Labute approximate surface area is 171 Å². The lowest BCUT2D eigenvalue weighted by Crippen LogP contribution is -2.53. The number of carbonyl (C=O) groups excluding carboxylic acids is 4. The summed E-state index contributed by atoms with van der Waals surface area (Å²) in [5.74, 6) is -3.41. The second-order valence-electron chi connectivity index (χ2n) is 6.00. The number of amides is 4. The van der Waals surface area contributed by atoms with Gasteiger partial charge in [-0.2, -0.15) is 0 Å². The number of nitrogens with one attached hydrogen (secondary N) is 2. The van der Waals surface area contributed by atoms with Crippen LogP contribution in [0.3, 0.4) is 0 Å². The monoisotopic (exact) mass is 434 g/mol. The van der Waals surface area contributed by atoms with Crippen LogP contribution in [0.2, 0.25) is 0 Å². The summed E-state index contributed by atoms with van der Waals surface area (Å²) in [4.78, 5) is 59.4. The number of nitrogens with zero attached hydrogens (tertiary/aromatic N) is 3. The van der Waals surface area contributed by atoms with Crippen LogP contribution in [0.4, 0.5) is 0 Å². The highest BCUT2D eigenvalue weighted by Gasteiger charge is 2.28. The van der Waals surface area contributed by atoms with Crippen LogP contribution in [0, 0.1) is 0 Å². The van der Waals surface area contributed by atoms with Crippen molar-refractivity contribution >= 4 is 47.4 Å². The van der Waals surface area contributed by atoms with Crippen LogP contribution in [0.1, 0.15) is 20.4 Å². The summed E-state index contributed by atoms with van der Waals surface area (Å²) < 4.78 is 0. The van der Waals surface area contributed by atoms with Gasteiger partial charge in [0.1, 0.15) is 6.04 Å². The zero-order chi connectivity index (χ0) is 20.1. The number of hydrogen-bond donors (Lipinski definition) is 3. The van der Waals surface area contributed by atoms with Crippen molar-refractivity contribution in [2.24, 2.45) is 5.73 Å². The number of hydroxylamine groups is 2. The summed E-state index contributed by atoms with van der Waals surface area (Å²) in [5.41, 5.74) is 5.75. The molecule has 4 amide bonds. The number of rotatable bonds is 6. The van der Waals surface area contributed by atoms with Crippen LogP contribution >= 0.6 is 23.7 Å². The number of nitrogens with two attached hydrogens (primary N) is 1. The minimum absolute atomic E-state index is 0. The van der Waals surface area contributed by atoms with Gasteiger partial charge in [0.15, 0.2) is 5.01 Å². The topological polar surface area (TPSA) is 147 Å². The first kappa shape index (κ1) is 23.8. The lowest BCUT2D eigenvalue weighted by atomic mass is 10.2. The van der Waals surface area contributed by atoms with Gasteiger partial charge in [0.2, 0.25) is 0 Å². The van der Waals surface area contributed by atoms with E-state index in [0.717, 1.165) is 28.6 Å². The van der Waals surface area contributed by atoms with E-state index < -0.39 is 29.7 Å². The number of hydrogen-bond acceptors (Lipinski definition) is 8. The first-order valence-electron chi connectivity index (χ1n) is 8.10. The molecule has 0 fully saturated rings. The third-order valence-corrected chi connectivity index (χ3v) is 5.08. The Balaban J connectivity index is 0.00000392. The molecule has 0 saturated carbocycles. The molecule has 0 radical (unpaired) electrons. The van der Waals surface area contributed by atoms with Gasteiger partial charge in [-0.25, -0.2) is 10.0 Å². The van der Waals surface area contributed by atoms with Crippen molar-refractivity contribution in [3.05, 3.63) is 15.6 Å². The van der Waals surface area contributed by atoms with Gasteiger partial charge in [0.05, 0.1) is 12.8 Å². The van der Waals surface area contributed by atoms with E-state index in [1.54, 1.807) is 0 Å². The molecule has 0 aliphatic carbocycles. The number of halogens is 1. The summed E-state index contributed by atoms with van der Waals surface area (Å²) in [7, 11) is 4.62. The van der Waals surface area contributed by atoms with Crippen molar-refractivity contribution in [1.29, 1.82) is 0 Å². The fraction of sp³-hybridized carbons (Fsp3) is 0.533. The molecule has 1 aromatic rings. The quantitative estimate of drug-likeness (QED) is 0.356. The standard InChI is InChI=1S/C15H22N6O5S.ClH/c1-20-5-4-8-10(7-20)27-14(19-8)13(24)18-9(15(25)21(2)26-3)6-17-12(23)11(16)22;/h9H,4-7H2,1-3H3,(H2,16,22)(H,17,23)(H,18,24);1H. The first-order valence-corrected chi connectivity index (χ1v) is 8.91.